The van der Waals surface area contributed by atoms with E-state index in [9.17, 15) is 0 Å². The predicted molar refractivity (Wildman–Crippen MR) is 51.0 cm³/mol. The zero-order valence-electron chi connectivity index (χ0n) is 7.83. The summed E-state index contributed by atoms with van der Waals surface area (Å²) in [7, 11) is 0. The maximum absolute atomic E-state index is 6.92. The molecule has 2 aliphatic carbocycles. The van der Waals surface area contributed by atoms with Gasteiger partial charge in [0.1, 0.15) is 0 Å². The third-order valence-electron chi connectivity index (χ3n) is 2.71. The Labute approximate surface area is 79.4 Å². The molecule has 0 aromatic rings. The summed E-state index contributed by atoms with van der Waals surface area (Å²) in [6.07, 6.45) is 8.03. The van der Waals surface area contributed by atoms with Gasteiger partial charge in [-0.05, 0) is 31.6 Å². The summed E-state index contributed by atoms with van der Waals surface area (Å²) in [6.45, 7) is 7.84. The molecule has 1 fully saturated rings. The fraction of sp³-hybridized carbons (Fsp3) is 0.727. The van der Waals surface area contributed by atoms with Crippen LogP contribution in [0.3, 0.4) is 0 Å². The molecule has 1 atom stereocenters. The Morgan fingerprint density at radius 1 is 1.46 bits per heavy atom. The third kappa shape index (κ3) is 2.57. The Kier molecular flexibility index (Phi) is 2.65. The molecule has 1 saturated carbocycles. The Morgan fingerprint density at radius 2 is 2.31 bits per heavy atom. The molecule has 2 aliphatic rings. The van der Waals surface area contributed by atoms with Crippen LogP contribution >= 0.6 is 0 Å². The molecule has 2 rings (SSSR count). The van der Waals surface area contributed by atoms with Crippen LogP contribution in [-0.4, -0.2) is 12.7 Å². The molecule has 0 amide bonds. The van der Waals surface area contributed by atoms with Crippen LogP contribution in [0.5, 0.6) is 0 Å². The largest absolute Gasteiger partial charge is 0.379 e. The summed E-state index contributed by atoms with van der Waals surface area (Å²) in [5.74, 6) is 0.835. The van der Waals surface area contributed by atoms with E-state index in [0.717, 1.165) is 37.5 Å². The van der Waals surface area contributed by atoms with Crippen LogP contribution in [0.25, 0.3) is 4.85 Å². The molecular formula is C11H15NO. The van der Waals surface area contributed by atoms with E-state index < -0.39 is 0 Å². The second kappa shape index (κ2) is 3.93. The van der Waals surface area contributed by atoms with E-state index in [1.807, 2.05) is 6.08 Å². The van der Waals surface area contributed by atoms with E-state index >= 15 is 0 Å². The molecule has 0 saturated heterocycles. The predicted octanol–water partition coefficient (Wildman–Crippen LogP) is 2.77. The standard InChI is InChI=1S/C11H15NO/c1-12-10-3-2-4-11(7-10)13-8-9-5-6-9/h3,9,11H,2,4-8H2/t11-/m1/s1. The molecule has 0 aliphatic heterocycles. The first kappa shape index (κ1) is 8.77. The van der Waals surface area contributed by atoms with Gasteiger partial charge in [0.25, 0.3) is 0 Å². The fourth-order valence-corrected chi connectivity index (χ4v) is 1.64. The number of nitrogens with zero attached hydrogens (tertiary/aromatic N) is 1. The Morgan fingerprint density at radius 3 is 3.00 bits per heavy atom. The topological polar surface area (TPSA) is 13.6 Å². The van der Waals surface area contributed by atoms with Gasteiger partial charge in [-0.3, -0.25) is 0 Å². The van der Waals surface area contributed by atoms with Gasteiger partial charge < -0.3 is 4.74 Å². The minimum atomic E-state index is 0.328. The Hall–Kier alpha value is -0.810. The molecule has 0 radical (unpaired) electrons. The van der Waals surface area contributed by atoms with Crippen molar-refractivity contribution in [3.8, 4) is 0 Å². The van der Waals surface area contributed by atoms with E-state index in [1.165, 1.54) is 12.8 Å². The van der Waals surface area contributed by atoms with Crippen LogP contribution < -0.4 is 0 Å². The SMILES string of the molecule is [C-]#[N+]C1=CCC[C@@H](OCC2CC2)C1. The van der Waals surface area contributed by atoms with Crippen molar-refractivity contribution in [1.29, 1.82) is 0 Å². The molecule has 70 valence electrons. The summed E-state index contributed by atoms with van der Waals surface area (Å²) < 4.78 is 5.75. The normalized spacial score (nSPS) is 27.9. The van der Waals surface area contributed by atoms with Crippen molar-refractivity contribution in [2.24, 2.45) is 5.92 Å². The first-order chi connectivity index (χ1) is 6.38. The zero-order valence-corrected chi connectivity index (χ0v) is 7.83. The van der Waals surface area contributed by atoms with Gasteiger partial charge in [0.15, 0.2) is 5.70 Å². The summed E-state index contributed by atoms with van der Waals surface area (Å²) in [5, 5.41) is 0. The zero-order chi connectivity index (χ0) is 9.10. The molecule has 2 heteroatoms. The van der Waals surface area contributed by atoms with Crippen LogP contribution in [0, 0.1) is 12.5 Å². The summed E-state index contributed by atoms with van der Waals surface area (Å²) in [5.41, 5.74) is 0.895. The van der Waals surface area contributed by atoms with Gasteiger partial charge >= 0.3 is 0 Å². The molecular weight excluding hydrogens is 162 g/mol. The van der Waals surface area contributed by atoms with Crippen molar-refractivity contribution in [3.63, 3.8) is 0 Å². The van der Waals surface area contributed by atoms with E-state index in [2.05, 4.69) is 4.85 Å². The quantitative estimate of drug-likeness (QED) is 0.604. The summed E-state index contributed by atoms with van der Waals surface area (Å²) in [6, 6.07) is 0. The van der Waals surface area contributed by atoms with Gasteiger partial charge in [-0.1, -0.05) is 6.08 Å². The van der Waals surface area contributed by atoms with Gasteiger partial charge in [-0.2, -0.15) is 0 Å². The fourth-order valence-electron chi connectivity index (χ4n) is 1.64. The monoisotopic (exact) mass is 177 g/mol. The van der Waals surface area contributed by atoms with Gasteiger partial charge in [-0.25, -0.2) is 4.85 Å². The second-order valence-corrected chi connectivity index (χ2v) is 3.99. The van der Waals surface area contributed by atoms with Crippen LogP contribution in [0.15, 0.2) is 11.8 Å². The average Bonchev–Trinajstić information content (AvgIpc) is 2.99. The number of rotatable bonds is 3. The maximum Gasteiger partial charge on any atom is 0.164 e. The minimum absolute atomic E-state index is 0.328. The van der Waals surface area contributed by atoms with Gasteiger partial charge in [0, 0.05) is 13.0 Å². The van der Waals surface area contributed by atoms with Crippen molar-refractivity contribution >= 4 is 0 Å². The molecule has 0 bridgehead atoms. The van der Waals surface area contributed by atoms with Crippen molar-refractivity contribution in [2.45, 2.75) is 38.2 Å². The second-order valence-electron chi connectivity index (χ2n) is 3.99. The highest BCUT2D eigenvalue weighted by Crippen LogP contribution is 2.31. The van der Waals surface area contributed by atoms with Crippen LogP contribution in [0.2, 0.25) is 0 Å². The van der Waals surface area contributed by atoms with E-state index in [-0.39, 0.29) is 0 Å². The lowest BCUT2D eigenvalue weighted by molar-refractivity contribution is 0.0390. The number of allylic oxidation sites excluding steroid dienone is 1. The highest BCUT2D eigenvalue weighted by molar-refractivity contribution is 5.14. The van der Waals surface area contributed by atoms with Crippen molar-refractivity contribution in [2.75, 3.05) is 6.61 Å². The first-order valence-corrected chi connectivity index (χ1v) is 5.06. The van der Waals surface area contributed by atoms with Crippen molar-refractivity contribution in [1.82, 2.24) is 0 Å². The van der Waals surface area contributed by atoms with E-state index in [1.54, 1.807) is 0 Å². The number of ether oxygens (including phenoxy) is 1. The molecule has 0 heterocycles. The molecule has 0 unspecified atom stereocenters. The van der Waals surface area contributed by atoms with Gasteiger partial charge in [-0.15, -0.1) is 0 Å². The van der Waals surface area contributed by atoms with Gasteiger partial charge in [0.05, 0.1) is 12.7 Å². The first-order valence-electron chi connectivity index (χ1n) is 5.06. The van der Waals surface area contributed by atoms with Crippen molar-refractivity contribution < 1.29 is 4.74 Å². The Balaban J connectivity index is 1.74. The van der Waals surface area contributed by atoms with E-state index in [4.69, 9.17) is 11.3 Å². The lowest BCUT2D eigenvalue weighted by Gasteiger charge is -2.20. The number of hydrogen-bond donors (Lipinski definition) is 0. The molecule has 2 nitrogen and oxygen atoms in total. The van der Waals surface area contributed by atoms with E-state index in [0.29, 0.717) is 6.10 Å². The average molecular weight is 177 g/mol. The highest BCUT2D eigenvalue weighted by Gasteiger charge is 2.24. The van der Waals surface area contributed by atoms with Crippen molar-refractivity contribution in [3.05, 3.63) is 23.2 Å². The van der Waals surface area contributed by atoms with Crippen LogP contribution in [0.1, 0.15) is 32.1 Å². The highest BCUT2D eigenvalue weighted by atomic mass is 16.5. The molecule has 0 aromatic carbocycles. The Bertz CT molecular complexity index is 247. The molecule has 13 heavy (non-hydrogen) atoms. The lowest BCUT2D eigenvalue weighted by Crippen LogP contribution is -2.17. The van der Waals surface area contributed by atoms with Crippen LogP contribution in [-0.2, 0) is 4.74 Å². The van der Waals surface area contributed by atoms with Gasteiger partial charge in [0.2, 0.25) is 0 Å². The molecule has 0 aromatic heterocycles. The molecule has 0 spiro atoms. The minimum Gasteiger partial charge on any atom is -0.379 e. The third-order valence-corrected chi connectivity index (χ3v) is 2.71. The number of hydrogen-bond acceptors (Lipinski definition) is 1. The lowest BCUT2D eigenvalue weighted by atomic mass is 10.0. The maximum atomic E-state index is 6.92. The van der Waals surface area contributed by atoms with Crippen LogP contribution in [0.4, 0.5) is 0 Å². The summed E-state index contributed by atoms with van der Waals surface area (Å²) in [4.78, 5) is 3.47. The molecule has 0 N–H and O–H groups in total. The smallest absolute Gasteiger partial charge is 0.164 e. The summed E-state index contributed by atoms with van der Waals surface area (Å²) >= 11 is 0.